The molecule has 1 N–H and O–H groups in total. The molecule has 1 aliphatic rings. The van der Waals surface area contributed by atoms with Crippen molar-refractivity contribution in [2.75, 3.05) is 13.1 Å². The lowest BCUT2D eigenvalue weighted by Gasteiger charge is -2.33. The Morgan fingerprint density at radius 1 is 1.07 bits per heavy atom. The molecule has 4 rings (SSSR count). The van der Waals surface area contributed by atoms with Crippen LogP contribution in [0.3, 0.4) is 0 Å². The third-order valence-electron chi connectivity index (χ3n) is 5.55. The van der Waals surface area contributed by atoms with Gasteiger partial charge in [-0.1, -0.05) is 24.3 Å². The van der Waals surface area contributed by atoms with E-state index in [1.165, 1.54) is 5.56 Å². The van der Waals surface area contributed by atoms with Crippen LogP contribution in [-0.4, -0.2) is 27.5 Å². The largest absolute Gasteiger partial charge is 0.457 e. The fraction of sp³-hybridized carbons (Fsp3) is 0.333. The molecule has 1 saturated heterocycles. The fourth-order valence-corrected chi connectivity index (χ4v) is 4.04. The first-order valence-electron chi connectivity index (χ1n) is 10.4. The van der Waals surface area contributed by atoms with Crippen molar-refractivity contribution >= 4 is 0 Å². The van der Waals surface area contributed by atoms with E-state index in [0.717, 1.165) is 49.5 Å². The van der Waals surface area contributed by atoms with Gasteiger partial charge in [-0.25, -0.2) is 4.79 Å². The highest BCUT2D eigenvalue weighted by Crippen LogP contribution is 2.25. The number of hydrogen-bond donors (Lipinski definition) is 1. The Balaban J connectivity index is 1.46. The molecule has 156 valence electrons. The molecule has 0 amide bonds. The summed E-state index contributed by atoms with van der Waals surface area (Å²) in [6, 6.07) is 16.2. The number of nitrogens with one attached hydrogen (secondary N) is 1. The predicted molar refractivity (Wildman–Crippen MR) is 117 cm³/mol. The smallest absolute Gasteiger partial charge is 0.328 e. The van der Waals surface area contributed by atoms with Crippen molar-refractivity contribution in [1.82, 2.24) is 14.5 Å². The Morgan fingerprint density at radius 3 is 2.63 bits per heavy atom. The minimum absolute atomic E-state index is 0.0635. The molecule has 2 aromatic carbocycles. The van der Waals surface area contributed by atoms with E-state index in [1.807, 2.05) is 43.3 Å². The quantitative estimate of drug-likeness (QED) is 0.701. The highest BCUT2D eigenvalue weighted by Gasteiger charge is 2.22. The number of aryl methyl sites for hydroxylation is 2. The first-order chi connectivity index (χ1) is 14.5. The van der Waals surface area contributed by atoms with E-state index in [-0.39, 0.29) is 17.3 Å². The van der Waals surface area contributed by atoms with Gasteiger partial charge in [-0.05, 0) is 68.6 Å². The van der Waals surface area contributed by atoms with Crippen molar-refractivity contribution in [1.29, 1.82) is 0 Å². The molecule has 0 saturated carbocycles. The standard InChI is InChI=1S/C24H27N3O3/c1-17-6-3-9-21(12-17)30-22-10-4-7-19(13-22)15-26-11-5-8-20(16-26)27-14-18(2)23(28)25-24(27)29/h3-4,6-7,9-10,12-14,20H,5,8,11,15-16H2,1-2H3,(H,25,28,29)/t20-/m0/s1. The van der Waals surface area contributed by atoms with E-state index >= 15 is 0 Å². The molecule has 0 aliphatic carbocycles. The normalized spacial score (nSPS) is 17.1. The zero-order chi connectivity index (χ0) is 21.1. The summed E-state index contributed by atoms with van der Waals surface area (Å²) in [6.45, 7) is 6.32. The molecule has 0 unspecified atom stereocenters. The van der Waals surface area contributed by atoms with Gasteiger partial charge in [0.2, 0.25) is 0 Å². The summed E-state index contributed by atoms with van der Waals surface area (Å²) in [7, 11) is 0. The predicted octanol–water partition coefficient (Wildman–Crippen LogP) is 3.78. The van der Waals surface area contributed by atoms with Gasteiger partial charge in [0.1, 0.15) is 11.5 Å². The van der Waals surface area contributed by atoms with E-state index in [0.29, 0.717) is 5.56 Å². The van der Waals surface area contributed by atoms with E-state index in [2.05, 4.69) is 22.0 Å². The Hall–Kier alpha value is -3.12. The monoisotopic (exact) mass is 405 g/mol. The Labute approximate surface area is 175 Å². The van der Waals surface area contributed by atoms with E-state index in [4.69, 9.17) is 4.74 Å². The van der Waals surface area contributed by atoms with Crippen LogP contribution in [0.2, 0.25) is 0 Å². The summed E-state index contributed by atoms with van der Waals surface area (Å²) >= 11 is 0. The molecule has 1 aromatic heterocycles. The molecular formula is C24H27N3O3. The molecule has 6 heteroatoms. The third kappa shape index (κ3) is 4.71. The average Bonchev–Trinajstić information content (AvgIpc) is 2.71. The second-order valence-corrected chi connectivity index (χ2v) is 8.08. The summed E-state index contributed by atoms with van der Waals surface area (Å²) < 4.78 is 7.70. The second kappa shape index (κ2) is 8.71. The van der Waals surface area contributed by atoms with Crippen molar-refractivity contribution in [3.05, 3.63) is 92.3 Å². The molecule has 30 heavy (non-hydrogen) atoms. The molecule has 1 aliphatic heterocycles. The van der Waals surface area contributed by atoms with Crippen LogP contribution >= 0.6 is 0 Å². The van der Waals surface area contributed by atoms with Crippen LogP contribution in [0.1, 0.15) is 35.6 Å². The van der Waals surface area contributed by atoms with Gasteiger partial charge in [-0.3, -0.25) is 19.2 Å². The van der Waals surface area contributed by atoms with Crippen LogP contribution in [0.25, 0.3) is 0 Å². The van der Waals surface area contributed by atoms with Gasteiger partial charge >= 0.3 is 5.69 Å². The molecule has 3 aromatic rings. The summed E-state index contributed by atoms with van der Waals surface area (Å²) in [4.78, 5) is 28.7. The number of piperidine rings is 1. The van der Waals surface area contributed by atoms with Crippen LogP contribution in [-0.2, 0) is 6.54 Å². The maximum absolute atomic E-state index is 12.3. The number of H-pyrrole nitrogens is 1. The zero-order valence-electron chi connectivity index (χ0n) is 17.4. The summed E-state index contributed by atoms with van der Waals surface area (Å²) in [5.74, 6) is 1.65. The van der Waals surface area contributed by atoms with Crippen molar-refractivity contribution in [2.24, 2.45) is 0 Å². The Kier molecular flexibility index (Phi) is 5.86. The topological polar surface area (TPSA) is 67.3 Å². The molecular weight excluding hydrogens is 378 g/mol. The number of aromatic nitrogens is 2. The maximum atomic E-state index is 12.3. The number of nitrogens with zero attached hydrogens (tertiary/aromatic N) is 2. The highest BCUT2D eigenvalue weighted by molar-refractivity contribution is 5.35. The lowest BCUT2D eigenvalue weighted by atomic mass is 10.0. The molecule has 1 fully saturated rings. The highest BCUT2D eigenvalue weighted by atomic mass is 16.5. The van der Waals surface area contributed by atoms with Crippen molar-refractivity contribution in [2.45, 2.75) is 39.3 Å². The van der Waals surface area contributed by atoms with Gasteiger partial charge in [-0.2, -0.15) is 0 Å². The van der Waals surface area contributed by atoms with Crippen molar-refractivity contribution in [3.8, 4) is 11.5 Å². The van der Waals surface area contributed by atoms with E-state index < -0.39 is 0 Å². The molecule has 0 radical (unpaired) electrons. The minimum atomic E-state index is -0.328. The van der Waals surface area contributed by atoms with E-state index in [9.17, 15) is 9.59 Å². The molecule has 0 bridgehead atoms. The average molecular weight is 405 g/mol. The van der Waals surface area contributed by atoms with E-state index in [1.54, 1.807) is 17.7 Å². The zero-order valence-corrected chi connectivity index (χ0v) is 17.4. The molecule has 1 atom stereocenters. The van der Waals surface area contributed by atoms with Crippen LogP contribution in [0.15, 0.2) is 64.3 Å². The SMILES string of the molecule is Cc1cccc(Oc2cccc(CN3CCC[C@H](n4cc(C)c(=O)[nH]c4=O)C3)c2)c1. The van der Waals surface area contributed by atoms with Gasteiger partial charge in [0.15, 0.2) is 0 Å². The van der Waals surface area contributed by atoms with Gasteiger partial charge < -0.3 is 4.74 Å². The number of hydrogen-bond acceptors (Lipinski definition) is 4. The Bertz CT molecular complexity index is 1150. The lowest BCUT2D eigenvalue weighted by Crippen LogP contribution is -2.41. The molecule has 6 nitrogen and oxygen atoms in total. The number of likely N-dealkylation sites (tertiary alicyclic amines) is 1. The molecule has 0 spiro atoms. The first-order valence-corrected chi connectivity index (χ1v) is 10.4. The van der Waals surface area contributed by atoms with Gasteiger partial charge in [0.05, 0.1) is 6.04 Å². The maximum Gasteiger partial charge on any atom is 0.328 e. The van der Waals surface area contributed by atoms with Crippen LogP contribution < -0.4 is 16.0 Å². The number of aromatic amines is 1. The summed E-state index contributed by atoms with van der Waals surface area (Å²) in [6.07, 6.45) is 3.62. The Morgan fingerprint density at radius 2 is 1.83 bits per heavy atom. The number of ether oxygens (including phenoxy) is 1. The third-order valence-corrected chi connectivity index (χ3v) is 5.55. The van der Waals surface area contributed by atoms with Crippen LogP contribution in [0.5, 0.6) is 11.5 Å². The second-order valence-electron chi connectivity index (χ2n) is 8.08. The summed E-state index contributed by atoms with van der Waals surface area (Å²) in [5, 5.41) is 0. The minimum Gasteiger partial charge on any atom is -0.457 e. The fourth-order valence-electron chi connectivity index (χ4n) is 4.04. The first kappa shape index (κ1) is 20.2. The molecule has 2 heterocycles. The number of benzene rings is 2. The van der Waals surface area contributed by atoms with Crippen molar-refractivity contribution < 1.29 is 4.74 Å². The van der Waals surface area contributed by atoms with Gasteiger partial charge in [0.25, 0.3) is 5.56 Å². The van der Waals surface area contributed by atoms with Gasteiger partial charge in [-0.15, -0.1) is 0 Å². The summed E-state index contributed by atoms with van der Waals surface area (Å²) in [5.41, 5.74) is 2.26. The van der Waals surface area contributed by atoms with Crippen LogP contribution in [0.4, 0.5) is 0 Å². The van der Waals surface area contributed by atoms with Gasteiger partial charge in [0, 0.05) is 24.8 Å². The number of rotatable bonds is 5. The van der Waals surface area contributed by atoms with Crippen LogP contribution in [0, 0.1) is 13.8 Å². The van der Waals surface area contributed by atoms with Crippen molar-refractivity contribution in [3.63, 3.8) is 0 Å². The lowest BCUT2D eigenvalue weighted by molar-refractivity contribution is 0.167.